The maximum Gasteiger partial charge on any atom is 0.337 e. The topological polar surface area (TPSA) is 152 Å². The number of carboxylic acid groups (broad SMARTS) is 3. The van der Waals surface area contributed by atoms with Gasteiger partial charge in [0.1, 0.15) is 0 Å². The highest BCUT2D eigenvalue weighted by molar-refractivity contribution is 7.37. The summed E-state index contributed by atoms with van der Waals surface area (Å²) in [7, 11) is -3.49. The Hall–Kier alpha value is -1.53. The molecular formula is C6H7O8P. The second-order valence-corrected chi connectivity index (χ2v) is 4.03. The van der Waals surface area contributed by atoms with Crippen LogP contribution >= 0.6 is 8.03 Å². The number of rotatable bonds is 5. The minimum atomic E-state index is -3.49. The van der Waals surface area contributed by atoms with Crippen LogP contribution in [-0.4, -0.2) is 38.9 Å². The fourth-order valence-electron chi connectivity index (χ4n) is 0.969. The van der Waals surface area contributed by atoms with Gasteiger partial charge in [0, 0.05) is 0 Å². The summed E-state index contributed by atoms with van der Waals surface area (Å²) in [6.45, 7) is 0.710. The summed E-state index contributed by atoms with van der Waals surface area (Å²) < 4.78 is 10.5. The van der Waals surface area contributed by atoms with E-state index >= 15 is 0 Å². The van der Waals surface area contributed by atoms with E-state index in [0.717, 1.165) is 0 Å². The van der Waals surface area contributed by atoms with E-state index in [4.69, 9.17) is 15.3 Å². The van der Waals surface area contributed by atoms with Crippen LogP contribution in [0.25, 0.3) is 0 Å². The monoisotopic (exact) mass is 238 g/mol. The summed E-state index contributed by atoms with van der Waals surface area (Å²) in [6.07, 6.45) is 0. The molecule has 15 heavy (non-hydrogen) atoms. The van der Waals surface area contributed by atoms with Crippen LogP contribution < -0.4 is 4.89 Å². The van der Waals surface area contributed by atoms with Crippen molar-refractivity contribution < 1.29 is 39.2 Å². The summed E-state index contributed by atoms with van der Waals surface area (Å²) in [5.74, 6) is -6.68. The van der Waals surface area contributed by atoms with Crippen molar-refractivity contribution in [3.8, 4) is 0 Å². The Balaban J connectivity index is 5.75. The van der Waals surface area contributed by atoms with Crippen LogP contribution in [0, 0.1) is 5.41 Å². The Morgan fingerprint density at radius 1 is 1.13 bits per heavy atom. The summed E-state index contributed by atoms with van der Waals surface area (Å²) in [4.78, 5) is 42.4. The third kappa shape index (κ3) is 1.95. The first-order valence-electron chi connectivity index (χ1n) is 3.52. The number of hydrogen-bond donors (Lipinski definition) is 3. The molecule has 0 aliphatic heterocycles. The van der Waals surface area contributed by atoms with Gasteiger partial charge in [-0.25, -0.2) is 0 Å². The molecule has 0 fully saturated rings. The average molecular weight is 238 g/mol. The van der Waals surface area contributed by atoms with Gasteiger partial charge < -0.3 is 20.2 Å². The van der Waals surface area contributed by atoms with Gasteiger partial charge in [0.2, 0.25) is 0 Å². The molecule has 0 amide bonds. The minimum Gasteiger partial charge on any atom is -0.595 e. The van der Waals surface area contributed by atoms with E-state index in [-0.39, 0.29) is 0 Å². The van der Waals surface area contributed by atoms with E-state index < -0.39 is 37.0 Å². The van der Waals surface area contributed by atoms with Gasteiger partial charge in [-0.05, 0) is 6.92 Å². The Morgan fingerprint density at radius 2 is 1.40 bits per heavy atom. The molecule has 2 atom stereocenters. The van der Waals surface area contributed by atoms with E-state index in [1.54, 1.807) is 0 Å². The number of carbonyl (C=O) groups is 3. The molecule has 2 unspecified atom stereocenters. The van der Waals surface area contributed by atoms with Gasteiger partial charge in [-0.1, -0.05) is 4.57 Å². The van der Waals surface area contributed by atoms with Crippen molar-refractivity contribution in [1.82, 2.24) is 0 Å². The fraction of sp³-hybridized carbons (Fsp3) is 0.500. The molecule has 8 nitrogen and oxygen atoms in total. The number of aliphatic carboxylic acids is 3. The minimum absolute atomic E-state index is 0.710. The van der Waals surface area contributed by atoms with Gasteiger partial charge in [0.25, 0.3) is 0 Å². The molecule has 0 aliphatic rings. The molecule has 0 saturated heterocycles. The number of carboxylic acids is 3. The van der Waals surface area contributed by atoms with E-state index in [1.807, 2.05) is 0 Å². The third-order valence-electron chi connectivity index (χ3n) is 1.95. The molecule has 0 aromatic rings. The molecule has 0 radical (unpaired) electrons. The zero-order valence-electron chi connectivity index (χ0n) is 7.41. The molecule has 3 N–H and O–H groups in total. The predicted molar refractivity (Wildman–Crippen MR) is 42.4 cm³/mol. The highest BCUT2D eigenvalue weighted by Gasteiger charge is 2.64. The quantitative estimate of drug-likeness (QED) is 0.395. The van der Waals surface area contributed by atoms with Crippen LogP contribution in [0.4, 0.5) is 0 Å². The average Bonchev–Trinajstić information content (AvgIpc) is 2.02. The highest BCUT2D eigenvalue weighted by Crippen LogP contribution is 2.36. The standard InChI is InChI=1S/C6H7O8P/c1-2(15(13)14)6(3(7)8,4(9)10)5(11)12/h2H,1H3,(H,7,8)(H,9,10)(H,11,12). The zero-order chi connectivity index (χ0) is 12.4. The third-order valence-corrected chi connectivity index (χ3v) is 2.97. The predicted octanol–water partition coefficient (Wildman–Crippen LogP) is -1.28. The first kappa shape index (κ1) is 13.5. The van der Waals surface area contributed by atoms with Crippen LogP contribution in [0.1, 0.15) is 6.92 Å². The van der Waals surface area contributed by atoms with Gasteiger partial charge in [0.05, 0.1) is 0 Å². The molecule has 0 aromatic carbocycles. The van der Waals surface area contributed by atoms with E-state index in [2.05, 4.69) is 0 Å². The normalized spacial score (nSPS) is 14.1. The van der Waals surface area contributed by atoms with Crippen LogP contribution in [0.15, 0.2) is 0 Å². The summed E-state index contributed by atoms with van der Waals surface area (Å²) in [5, 5.41) is 25.7. The van der Waals surface area contributed by atoms with Gasteiger partial charge in [-0.15, -0.1) is 0 Å². The lowest BCUT2D eigenvalue weighted by molar-refractivity contribution is -0.184. The second kappa shape index (κ2) is 4.33. The Kier molecular flexibility index (Phi) is 3.89. The molecule has 0 bridgehead atoms. The molecular weight excluding hydrogens is 231 g/mol. The van der Waals surface area contributed by atoms with Crippen molar-refractivity contribution in [1.29, 1.82) is 0 Å². The molecule has 0 heterocycles. The van der Waals surface area contributed by atoms with Crippen LogP contribution in [0.3, 0.4) is 0 Å². The van der Waals surface area contributed by atoms with E-state index in [1.165, 1.54) is 0 Å². The lowest BCUT2D eigenvalue weighted by atomic mass is 9.85. The van der Waals surface area contributed by atoms with Crippen molar-refractivity contribution >= 4 is 25.9 Å². The lowest BCUT2D eigenvalue weighted by Gasteiger charge is -2.20. The molecule has 0 aliphatic carbocycles. The van der Waals surface area contributed by atoms with Crippen molar-refractivity contribution in [2.45, 2.75) is 12.6 Å². The highest BCUT2D eigenvalue weighted by atomic mass is 31.1. The molecule has 84 valence electrons. The van der Waals surface area contributed by atoms with Crippen molar-refractivity contribution in [2.75, 3.05) is 0 Å². The second-order valence-electron chi connectivity index (χ2n) is 2.68. The van der Waals surface area contributed by atoms with Crippen molar-refractivity contribution in [3.05, 3.63) is 0 Å². The smallest absolute Gasteiger partial charge is 0.337 e. The van der Waals surface area contributed by atoms with E-state index in [9.17, 15) is 23.8 Å². The first-order chi connectivity index (χ1) is 6.68. The van der Waals surface area contributed by atoms with Crippen molar-refractivity contribution in [3.63, 3.8) is 0 Å². The van der Waals surface area contributed by atoms with E-state index in [0.29, 0.717) is 6.92 Å². The van der Waals surface area contributed by atoms with Crippen LogP contribution in [0.5, 0.6) is 0 Å². The SMILES string of the molecule is CC([P+](=O)[O-])C(C(=O)O)(C(=O)O)C(=O)O. The Labute approximate surface area is 84.0 Å². The number of hydrogen-bond acceptors (Lipinski definition) is 5. The fourth-order valence-corrected chi connectivity index (χ4v) is 1.62. The lowest BCUT2D eigenvalue weighted by Crippen LogP contribution is -2.53. The van der Waals surface area contributed by atoms with Crippen LogP contribution in [-0.2, 0) is 18.9 Å². The summed E-state index contributed by atoms with van der Waals surface area (Å²) in [6, 6.07) is 0. The molecule has 0 rings (SSSR count). The molecule has 0 aromatic heterocycles. The van der Waals surface area contributed by atoms with Gasteiger partial charge in [-0.2, -0.15) is 0 Å². The molecule has 0 spiro atoms. The molecule has 0 saturated carbocycles. The van der Waals surface area contributed by atoms with Gasteiger partial charge in [-0.3, -0.25) is 14.4 Å². The molecule has 9 heteroatoms. The van der Waals surface area contributed by atoms with Gasteiger partial charge in [0.15, 0.2) is 5.66 Å². The summed E-state index contributed by atoms with van der Waals surface area (Å²) in [5.41, 5.74) is -5.42. The first-order valence-corrected chi connectivity index (χ1v) is 4.77. The maximum atomic E-state index is 10.6. The van der Waals surface area contributed by atoms with Gasteiger partial charge >= 0.3 is 31.4 Å². The van der Waals surface area contributed by atoms with Crippen LogP contribution in [0.2, 0.25) is 0 Å². The zero-order valence-corrected chi connectivity index (χ0v) is 8.30. The summed E-state index contributed by atoms with van der Waals surface area (Å²) >= 11 is 0. The maximum absolute atomic E-state index is 10.6. The Morgan fingerprint density at radius 3 is 1.47 bits per heavy atom. The Bertz CT molecular complexity index is 298. The largest absolute Gasteiger partial charge is 0.595 e. The van der Waals surface area contributed by atoms with Crippen molar-refractivity contribution in [2.24, 2.45) is 5.41 Å².